The molecule has 120 valence electrons. The molecule has 1 aromatic carbocycles. The third-order valence-electron chi connectivity index (χ3n) is 4.04. The van der Waals surface area contributed by atoms with Gasteiger partial charge >= 0.3 is 0 Å². The van der Waals surface area contributed by atoms with Crippen molar-refractivity contribution in [1.82, 2.24) is 10.2 Å². The minimum Gasteiger partial charge on any atom is -0.353 e. The number of hydrogen-bond donors (Lipinski definition) is 1. The summed E-state index contributed by atoms with van der Waals surface area (Å²) in [7, 11) is 0. The Hall–Kier alpha value is -1.91. The van der Waals surface area contributed by atoms with Crippen molar-refractivity contribution in [3.63, 3.8) is 0 Å². The van der Waals surface area contributed by atoms with E-state index in [-0.39, 0.29) is 23.7 Å². The monoisotopic (exact) mass is 306 g/mol. The fourth-order valence-electron chi connectivity index (χ4n) is 2.75. The molecule has 1 aliphatic heterocycles. The van der Waals surface area contributed by atoms with E-state index >= 15 is 0 Å². The lowest BCUT2D eigenvalue weighted by Gasteiger charge is -2.32. The molecule has 0 bridgehead atoms. The topological polar surface area (TPSA) is 49.4 Å². The summed E-state index contributed by atoms with van der Waals surface area (Å²) in [6.45, 7) is 3.28. The van der Waals surface area contributed by atoms with Gasteiger partial charge in [-0.25, -0.2) is 4.39 Å². The van der Waals surface area contributed by atoms with Gasteiger partial charge in [-0.1, -0.05) is 19.1 Å². The second-order valence-electron chi connectivity index (χ2n) is 5.71. The minimum atomic E-state index is -0.272. The van der Waals surface area contributed by atoms with Crippen LogP contribution in [0.25, 0.3) is 0 Å². The molecular weight excluding hydrogens is 283 g/mol. The zero-order chi connectivity index (χ0) is 15.9. The third kappa shape index (κ3) is 4.83. The molecule has 2 rings (SSSR count). The summed E-state index contributed by atoms with van der Waals surface area (Å²) < 4.78 is 13.1. The quantitative estimate of drug-likeness (QED) is 0.907. The molecule has 1 aliphatic rings. The molecule has 1 aromatic rings. The molecule has 4 nitrogen and oxygen atoms in total. The Labute approximate surface area is 130 Å². The average Bonchev–Trinajstić information content (AvgIpc) is 2.53. The second-order valence-corrected chi connectivity index (χ2v) is 5.71. The number of carbonyl (C=O) groups is 2. The molecule has 1 fully saturated rings. The van der Waals surface area contributed by atoms with Crippen molar-refractivity contribution in [2.45, 2.75) is 45.1 Å². The van der Waals surface area contributed by atoms with Crippen molar-refractivity contribution in [1.29, 1.82) is 0 Å². The molecule has 0 atom stereocenters. The number of carbonyl (C=O) groups excluding carboxylic acids is 2. The van der Waals surface area contributed by atoms with Crippen LogP contribution in [0.1, 0.15) is 38.2 Å². The molecule has 0 unspecified atom stereocenters. The van der Waals surface area contributed by atoms with Crippen LogP contribution in [0.5, 0.6) is 0 Å². The largest absolute Gasteiger partial charge is 0.353 e. The van der Waals surface area contributed by atoms with Crippen LogP contribution in [0.4, 0.5) is 4.39 Å². The van der Waals surface area contributed by atoms with Crippen LogP contribution in [-0.4, -0.2) is 35.8 Å². The van der Waals surface area contributed by atoms with Gasteiger partial charge in [0, 0.05) is 32.0 Å². The Bertz CT molecular complexity index is 525. The van der Waals surface area contributed by atoms with Gasteiger partial charge in [0.2, 0.25) is 11.8 Å². The van der Waals surface area contributed by atoms with E-state index in [4.69, 9.17) is 0 Å². The summed E-state index contributed by atoms with van der Waals surface area (Å²) in [4.78, 5) is 25.4. The van der Waals surface area contributed by atoms with Crippen LogP contribution < -0.4 is 5.32 Å². The normalized spacial score (nSPS) is 15.6. The Balaban J connectivity index is 1.71. The van der Waals surface area contributed by atoms with Gasteiger partial charge in [-0.2, -0.15) is 0 Å². The first kappa shape index (κ1) is 16.5. The average molecular weight is 306 g/mol. The number of nitrogens with zero attached hydrogens (tertiary/aromatic N) is 1. The van der Waals surface area contributed by atoms with E-state index in [2.05, 4.69) is 5.32 Å². The van der Waals surface area contributed by atoms with E-state index in [0.717, 1.165) is 18.4 Å². The number of benzene rings is 1. The highest BCUT2D eigenvalue weighted by Gasteiger charge is 2.22. The van der Waals surface area contributed by atoms with E-state index in [9.17, 15) is 14.0 Å². The maximum atomic E-state index is 13.1. The predicted octanol–water partition coefficient (Wildman–Crippen LogP) is 2.28. The van der Waals surface area contributed by atoms with Crippen LogP contribution in [-0.2, 0) is 16.0 Å². The number of amides is 2. The van der Waals surface area contributed by atoms with Crippen molar-refractivity contribution in [2.75, 3.05) is 13.1 Å². The van der Waals surface area contributed by atoms with Crippen LogP contribution in [0.3, 0.4) is 0 Å². The number of nitrogens with one attached hydrogen (secondary N) is 1. The summed E-state index contributed by atoms with van der Waals surface area (Å²) in [5.41, 5.74) is 0.832. The van der Waals surface area contributed by atoms with Crippen LogP contribution in [0.2, 0.25) is 0 Å². The number of piperidine rings is 1. The number of aryl methyl sites for hydroxylation is 1. The first-order valence-electron chi connectivity index (χ1n) is 7.90. The Kier molecular flexibility index (Phi) is 5.92. The molecule has 0 spiro atoms. The van der Waals surface area contributed by atoms with Gasteiger partial charge in [-0.05, 0) is 37.0 Å². The Morgan fingerprint density at radius 1 is 1.32 bits per heavy atom. The molecule has 1 saturated heterocycles. The zero-order valence-corrected chi connectivity index (χ0v) is 13.0. The molecular formula is C17H23FN2O2. The first-order chi connectivity index (χ1) is 10.6. The zero-order valence-electron chi connectivity index (χ0n) is 13.0. The van der Waals surface area contributed by atoms with Gasteiger partial charge in [0.05, 0.1) is 0 Å². The standard InChI is InChI=1S/C17H23FN2O2/c1-2-17(22)20-10-8-15(9-11-20)19-16(21)7-6-13-4-3-5-14(18)12-13/h3-5,12,15H,2,6-11H2,1H3,(H,19,21). The molecule has 0 aliphatic carbocycles. The minimum absolute atomic E-state index is 0.00970. The predicted molar refractivity (Wildman–Crippen MR) is 82.8 cm³/mol. The summed E-state index contributed by atoms with van der Waals surface area (Å²) in [5, 5.41) is 3.01. The number of likely N-dealkylation sites (tertiary alicyclic amines) is 1. The van der Waals surface area contributed by atoms with Gasteiger partial charge in [-0.3, -0.25) is 9.59 Å². The summed E-state index contributed by atoms with van der Waals surface area (Å²) in [6, 6.07) is 6.48. The van der Waals surface area contributed by atoms with Crippen LogP contribution in [0.15, 0.2) is 24.3 Å². The Morgan fingerprint density at radius 2 is 2.05 bits per heavy atom. The highest BCUT2D eigenvalue weighted by atomic mass is 19.1. The first-order valence-corrected chi connectivity index (χ1v) is 7.90. The van der Waals surface area contributed by atoms with E-state index in [1.165, 1.54) is 12.1 Å². The van der Waals surface area contributed by atoms with Crippen LogP contribution in [0, 0.1) is 5.82 Å². The molecule has 1 N–H and O–H groups in total. The number of rotatable bonds is 5. The van der Waals surface area contributed by atoms with E-state index < -0.39 is 0 Å². The molecule has 1 heterocycles. The lowest BCUT2D eigenvalue weighted by molar-refractivity contribution is -0.132. The molecule has 0 radical (unpaired) electrons. The van der Waals surface area contributed by atoms with Crippen molar-refractivity contribution < 1.29 is 14.0 Å². The molecule has 22 heavy (non-hydrogen) atoms. The fraction of sp³-hybridized carbons (Fsp3) is 0.529. The van der Waals surface area contributed by atoms with Gasteiger partial charge in [0.15, 0.2) is 0 Å². The van der Waals surface area contributed by atoms with Crippen molar-refractivity contribution >= 4 is 11.8 Å². The maximum Gasteiger partial charge on any atom is 0.222 e. The number of halogens is 1. The van der Waals surface area contributed by atoms with E-state index in [1.54, 1.807) is 6.07 Å². The van der Waals surface area contributed by atoms with Gasteiger partial charge in [0.25, 0.3) is 0 Å². The summed E-state index contributed by atoms with van der Waals surface area (Å²) >= 11 is 0. The highest BCUT2D eigenvalue weighted by Crippen LogP contribution is 2.12. The second kappa shape index (κ2) is 7.92. The van der Waals surface area contributed by atoms with E-state index in [1.807, 2.05) is 17.9 Å². The molecule has 5 heteroatoms. The van der Waals surface area contributed by atoms with E-state index in [0.29, 0.717) is 32.4 Å². The SMILES string of the molecule is CCC(=O)N1CCC(NC(=O)CCc2cccc(F)c2)CC1. The highest BCUT2D eigenvalue weighted by molar-refractivity contribution is 5.77. The van der Waals surface area contributed by atoms with Crippen molar-refractivity contribution in [2.24, 2.45) is 0 Å². The smallest absolute Gasteiger partial charge is 0.222 e. The lowest BCUT2D eigenvalue weighted by Crippen LogP contribution is -2.46. The maximum absolute atomic E-state index is 13.1. The van der Waals surface area contributed by atoms with Gasteiger partial charge in [-0.15, -0.1) is 0 Å². The van der Waals surface area contributed by atoms with Gasteiger partial charge in [0.1, 0.15) is 5.82 Å². The number of hydrogen-bond acceptors (Lipinski definition) is 2. The van der Waals surface area contributed by atoms with Crippen molar-refractivity contribution in [3.05, 3.63) is 35.6 Å². The Morgan fingerprint density at radius 3 is 2.68 bits per heavy atom. The molecule has 2 amide bonds. The lowest BCUT2D eigenvalue weighted by atomic mass is 10.0. The molecule has 0 saturated carbocycles. The van der Waals surface area contributed by atoms with Crippen molar-refractivity contribution in [3.8, 4) is 0 Å². The third-order valence-corrected chi connectivity index (χ3v) is 4.04. The fourth-order valence-corrected chi connectivity index (χ4v) is 2.75. The van der Waals surface area contributed by atoms with Gasteiger partial charge < -0.3 is 10.2 Å². The van der Waals surface area contributed by atoms with Crippen LogP contribution >= 0.6 is 0 Å². The summed E-state index contributed by atoms with van der Waals surface area (Å²) in [5.74, 6) is -0.105. The molecule has 0 aromatic heterocycles. The summed E-state index contributed by atoms with van der Waals surface area (Å²) in [6.07, 6.45) is 3.04.